The summed E-state index contributed by atoms with van der Waals surface area (Å²) in [5, 5.41) is 10.2. The number of aliphatic hydroxyl groups is 1. The first-order valence-electron chi connectivity index (χ1n) is 5.14. The molecule has 1 N–H and O–H groups in total. The Morgan fingerprint density at radius 1 is 1.13 bits per heavy atom. The lowest BCUT2D eigenvalue weighted by Crippen LogP contribution is -2.33. The van der Waals surface area contributed by atoms with Crippen LogP contribution in [0.25, 0.3) is 0 Å². The van der Waals surface area contributed by atoms with Crippen molar-refractivity contribution < 1.29 is 14.6 Å². The highest BCUT2D eigenvalue weighted by molar-refractivity contribution is 5.45. The Morgan fingerprint density at radius 3 is 2.27 bits per heavy atom. The van der Waals surface area contributed by atoms with Gasteiger partial charge in [-0.3, -0.25) is 0 Å². The molecule has 0 aromatic heterocycles. The predicted molar refractivity (Wildman–Crippen MR) is 57.3 cm³/mol. The first-order valence-corrected chi connectivity index (χ1v) is 5.14. The molecule has 15 heavy (non-hydrogen) atoms. The Bertz CT molecular complexity index is 356. The van der Waals surface area contributed by atoms with Crippen LogP contribution in [-0.4, -0.2) is 19.3 Å². The van der Waals surface area contributed by atoms with Gasteiger partial charge in [0.05, 0.1) is 19.8 Å². The molecule has 1 saturated carbocycles. The van der Waals surface area contributed by atoms with Crippen LogP contribution in [0.3, 0.4) is 0 Å². The van der Waals surface area contributed by atoms with E-state index in [1.807, 2.05) is 18.2 Å². The van der Waals surface area contributed by atoms with Crippen molar-refractivity contribution in [3.8, 4) is 11.5 Å². The molecule has 0 spiro atoms. The Kier molecular flexibility index (Phi) is 2.57. The molecule has 0 saturated heterocycles. The van der Waals surface area contributed by atoms with Crippen molar-refractivity contribution in [2.24, 2.45) is 0 Å². The highest BCUT2D eigenvalue weighted by Gasteiger charge is 2.36. The second kappa shape index (κ2) is 3.74. The molecule has 0 heterocycles. The van der Waals surface area contributed by atoms with Gasteiger partial charge in [-0.15, -0.1) is 0 Å². The number of hydrogen-bond donors (Lipinski definition) is 1. The van der Waals surface area contributed by atoms with Crippen molar-refractivity contribution in [1.29, 1.82) is 0 Å². The molecule has 0 aliphatic heterocycles. The van der Waals surface area contributed by atoms with Crippen LogP contribution in [0.2, 0.25) is 0 Å². The lowest BCUT2D eigenvalue weighted by Gasteiger charge is -2.37. The average molecular weight is 208 g/mol. The van der Waals surface area contributed by atoms with Gasteiger partial charge in [-0.05, 0) is 37.0 Å². The van der Waals surface area contributed by atoms with E-state index in [2.05, 4.69) is 0 Å². The zero-order valence-corrected chi connectivity index (χ0v) is 9.12. The molecule has 1 fully saturated rings. The molecule has 0 bridgehead atoms. The van der Waals surface area contributed by atoms with E-state index >= 15 is 0 Å². The van der Waals surface area contributed by atoms with Gasteiger partial charge in [-0.2, -0.15) is 0 Å². The topological polar surface area (TPSA) is 38.7 Å². The SMILES string of the molecule is COc1ccc(C2(O)CCC2)cc1OC. The summed E-state index contributed by atoms with van der Waals surface area (Å²) in [6.07, 6.45) is 2.76. The number of benzene rings is 1. The summed E-state index contributed by atoms with van der Waals surface area (Å²) in [4.78, 5) is 0. The van der Waals surface area contributed by atoms with Crippen molar-refractivity contribution in [2.45, 2.75) is 24.9 Å². The van der Waals surface area contributed by atoms with Crippen LogP contribution in [0.15, 0.2) is 18.2 Å². The highest BCUT2D eigenvalue weighted by Crippen LogP contribution is 2.43. The maximum Gasteiger partial charge on any atom is 0.161 e. The summed E-state index contributed by atoms with van der Waals surface area (Å²) in [6, 6.07) is 5.60. The van der Waals surface area contributed by atoms with Crippen LogP contribution in [0.1, 0.15) is 24.8 Å². The third-order valence-electron chi connectivity index (χ3n) is 3.10. The van der Waals surface area contributed by atoms with Crippen molar-refractivity contribution in [3.05, 3.63) is 23.8 Å². The average Bonchev–Trinajstić information content (AvgIpc) is 2.25. The van der Waals surface area contributed by atoms with Crippen LogP contribution in [0.4, 0.5) is 0 Å². The molecule has 1 aromatic rings. The molecular formula is C12H16O3. The number of hydrogen-bond acceptors (Lipinski definition) is 3. The summed E-state index contributed by atoms with van der Waals surface area (Å²) >= 11 is 0. The third kappa shape index (κ3) is 1.67. The molecule has 0 atom stereocenters. The van der Waals surface area contributed by atoms with Gasteiger partial charge in [0.15, 0.2) is 11.5 Å². The molecule has 3 heteroatoms. The van der Waals surface area contributed by atoms with Crippen molar-refractivity contribution in [1.82, 2.24) is 0 Å². The minimum absolute atomic E-state index is 0.639. The van der Waals surface area contributed by atoms with Crippen molar-refractivity contribution in [2.75, 3.05) is 14.2 Å². The van der Waals surface area contributed by atoms with Crippen LogP contribution < -0.4 is 9.47 Å². The molecule has 0 radical (unpaired) electrons. The maximum absolute atomic E-state index is 10.2. The Morgan fingerprint density at radius 2 is 1.80 bits per heavy atom. The zero-order valence-electron chi connectivity index (χ0n) is 9.12. The minimum atomic E-state index is -0.639. The molecule has 1 aromatic carbocycles. The van der Waals surface area contributed by atoms with E-state index in [9.17, 15) is 5.11 Å². The normalized spacial score (nSPS) is 18.1. The number of methoxy groups -OCH3 is 2. The number of rotatable bonds is 3. The standard InChI is InChI=1S/C12H16O3/c1-14-10-5-4-9(8-11(10)15-2)12(13)6-3-7-12/h4-5,8,13H,3,6-7H2,1-2H3. The van der Waals surface area contributed by atoms with Gasteiger partial charge in [-0.25, -0.2) is 0 Å². The van der Waals surface area contributed by atoms with Gasteiger partial charge >= 0.3 is 0 Å². The predicted octanol–water partition coefficient (Wildman–Crippen LogP) is 2.08. The van der Waals surface area contributed by atoms with Gasteiger partial charge in [0.1, 0.15) is 0 Å². The quantitative estimate of drug-likeness (QED) is 0.826. The monoisotopic (exact) mass is 208 g/mol. The molecular weight excluding hydrogens is 192 g/mol. The van der Waals surface area contributed by atoms with E-state index < -0.39 is 5.60 Å². The first kappa shape index (κ1) is 10.3. The maximum atomic E-state index is 10.2. The Hall–Kier alpha value is -1.22. The fourth-order valence-electron chi connectivity index (χ4n) is 1.93. The van der Waals surface area contributed by atoms with Crippen LogP contribution in [0.5, 0.6) is 11.5 Å². The van der Waals surface area contributed by atoms with E-state index in [0.717, 1.165) is 24.8 Å². The molecule has 0 unspecified atom stereocenters. The highest BCUT2D eigenvalue weighted by atomic mass is 16.5. The van der Waals surface area contributed by atoms with E-state index in [1.54, 1.807) is 14.2 Å². The fourth-order valence-corrected chi connectivity index (χ4v) is 1.93. The Balaban J connectivity index is 2.34. The van der Waals surface area contributed by atoms with Crippen molar-refractivity contribution in [3.63, 3.8) is 0 Å². The molecule has 1 aliphatic carbocycles. The van der Waals surface area contributed by atoms with Gasteiger partial charge in [0.25, 0.3) is 0 Å². The lowest BCUT2D eigenvalue weighted by molar-refractivity contribution is -0.0389. The second-order valence-corrected chi connectivity index (χ2v) is 3.95. The van der Waals surface area contributed by atoms with Gasteiger partial charge in [0.2, 0.25) is 0 Å². The van der Waals surface area contributed by atoms with Crippen molar-refractivity contribution >= 4 is 0 Å². The molecule has 3 nitrogen and oxygen atoms in total. The third-order valence-corrected chi connectivity index (χ3v) is 3.10. The second-order valence-electron chi connectivity index (χ2n) is 3.95. The lowest BCUT2D eigenvalue weighted by atomic mass is 9.75. The molecule has 0 amide bonds. The van der Waals surface area contributed by atoms with Gasteiger partial charge in [-0.1, -0.05) is 6.07 Å². The van der Waals surface area contributed by atoms with E-state index in [1.165, 1.54) is 0 Å². The van der Waals surface area contributed by atoms with Crippen LogP contribution in [0, 0.1) is 0 Å². The molecule has 1 aliphatic rings. The van der Waals surface area contributed by atoms with E-state index in [0.29, 0.717) is 11.5 Å². The summed E-state index contributed by atoms with van der Waals surface area (Å²) in [6.45, 7) is 0. The van der Waals surface area contributed by atoms with E-state index in [4.69, 9.17) is 9.47 Å². The fraction of sp³-hybridized carbons (Fsp3) is 0.500. The smallest absolute Gasteiger partial charge is 0.161 e. The first-order chi connectivity index (χ1) is 7.19. The van der Waals surface area contributed by atoms with Crippen LogP contribution in [-0.2, 0) is 5.60 Å². The molecule has 2 rings (SSSR count). The van der Waals surface area contributed by atoms with Crippen LogP contribution >= 0.6 is 0 Å². The largest absolute Gasteiger partial charge is 0.493 e. The zero-order chi connectivity index (χ0) is 10.9. The summed E-state index contributed by atoms with van der Waals surface area (Å²) in [7, 11) is 3.21. The van der Waals surface area contributed by atoms with E-state index in [-0.39, 0.29) is 0 Å². The summed E-state index contributed by atoms with van der Waals surface area (Å²) < 4.78 is 10.4. The van der Waals surface area contributed by atoms with Gasteiger partial charge < -0.3 is 14.6 Å². The Labute approximate surface area is 89.6 Å². The summed E-state index contributed by atoms with van der Waals surface area (Å²) in [5.41, 5.74) is 0.283. The minimum Gasteiger partial charge on any atom is -0.493 e. The van der Waals surface area contributed by atoms with Gasteiger partial charge in [0, 0.05) is 0 Å². The summed E-state index contributed by atoms with van der Waals surface area (Å²) in [5.74, 6) is 1.37. The number of ether oxygens (including phenoxy) is 2. The molecule has 82 valence electrons.